The number of H-pyrrole nitrogens is 1. The van der Waals surface area contributed by atoms with Gasteiger partial charge < -0.3 is 19.4 Å². The maximum Gasteiger partial charge on any atom is 0.355 e. The number of nitrogens with one attached hydrogen (secondary N) is 1. The summed E-state index contributed by atoms with van der Waals surface area (Å²) in [6.07, 6.45) is 0.382. The molecule has 2 heterocycles. The van der Waals surface area contributed by atoms with Crippen LogP contribution < -0.4 is 0 Å². The molecule has 0 aliphatic carbocycles. The van der Waals surface area contributed by atoms with Crippen molar-refractivity contribution < 1.29 is 32.3 Å². The Bertz CT molecular complexity index is 918. The van der Waals surface area contributed by atoms with Gasteiger partial charge in [-0.25, -0.2) is 18.0 Å². The van der Waals surface area contributed by atoms with Crippen LogP contribution in [0, 0.1) is 19.8 Å². The quantitative estimate of drug-likeness (QED) is 0.607. The van der Waals surface area contributed by atoms with Crippen LogP contribution in [0.15, 0.2) is 0 Å². The smallest absolute Gasteiger partial charge is 0.355 e. The molecule has 168 valence electrons. The number of hydrogen-bond donors (Lipinski definition) is 1. The second-order valence-corrected chi connectivity index (χ2v) is 10.1. The van der Waals surface area contributed by atoms with Gasteiger partial charge in [-0.2, -0.15) is 0 Å². The maximum atomic E-state index is 12.7. The molecule has 1 saturated heterocycles. The predicted molar refractivity (Wildman–Crippen MR) is 110 cm³/mol. The Kier molecular flexibility index (Phi) is 7.68. The number of rotatable bonds is 8. The molecule has 0 saturated carbocycles. The first-order valence-electron chi connectivity index (χ1n) is 10.00. The van der Waals surface area contributed by atoms with Gasteiger partial charge in [0.1, 0.15) is 5.69 Å². The molecule has 1 N–H and O–H groups in total. The van der Waals surface area contributed by atoms with Crippen LogP contribution in [0.3, 0.4) is 0 Å². The minimum atomic E-state index is -3.16. The lowest BCUT2D eigenvalue weighted by Gasteiger charge is -2.29. The van der Waals surface area contributed by atoms with Gasteiger partial charge in [-0.3, -0.25) is 4.79 Å². The summed E-state index contributed by atoms with van der Waals surface area (Å²) < 4.78 is 33.8. The Morgan fingerprint density at radius 1 is 1.17 bits per heavy atom. The van der Waals surface area contributed by atoms with E-state index in [-0.39, 0.29) is 35.3 Å². The van der Waals surface area contributed by atoms with Gasteiger partial charge in [0.25, 0.3) is 5.91 Å². The number of aromatic amines is 1. The van der Waals surface area contributed by atoms with E-state index >= 15 is 0 Å². The molecule has 10 heteroatoms. The molecule has 9 nitrogen and oxygen atoms in total. The molecule has 0 radical (unpaired) electrons. The molecule has 1 aliphatic heterocycles. The van der Waals surface area contributed by atoms with Crippen LogP contribution in [0.4, 0.5) is 0 Å². The second-order valence-electron chi connectivity index (χ2n) is 7.92. The van der Waals surface area contributed by atoms with E-state index in [0.29, 0.717) is 24.2 Å². The lowest BCUT2D eigenvalue weighted by Crippen LogP contribution is -2.45. The SMILES string of the molecule is CCOC(=O)c1c(C)[nH]c(C(=O)OCC(=O)N(CC(C)C)[C@@H]2CCS(=O)(=O)C2)c1C. The Morgan fingerprint density at radius 3 is 2.37 bits per heavy atom. The van der Waals surface area contributed by atoms with Gasteiger partial charge in [-0.1, -0.05) is 13.8 Å². The fourth-order valence-corrected chi connectivity index (χ4v) is 5.35. The number of hydrogen-bond acceptors (Lipinski definition) is 7. The first-order valence-corrected chi connectivity index (χ1v) is 11.8. The lowest BCUT2D eigenvalue weighted by molar-refractivity contribution is -0.137. The summed E-state index contributed by atoms with van der Waals surface area (Å²) >= 11 is 0. The number of esters is 2. The normalized spacial score (nSPS) is 17.7. The van der Waals surface area contributed by atoms with Crippen molar-refractivity contribution in [3.63, 3.8) is 0 Å². The van der Waals surface area contributed by atoms with Crippen molar-refractivity contribution in [1.29, 1.82) is 0 Å². The van der Waals surface area contributed by atoms with Gasteiger partial charge in [0, 0.05) is 18.3 Å². The first kappa shape index (κ1) is 23.9. The van der Waals surface area contributed by atoms with Crippen molar-refractivity contribution >= 4 is 27.7 Å². The van der Waals surface area contributed by atoms with Gasteiger partial charge in [0.05, 0.1) is 23.7 Å². The van der Waals surface area contributed by atoms with Crippen LogP contribution in [0.25, 0.3) is 0 Å². The van der Waals surface area contributed by atoms with Gasteiger partial charge >= 0.3 is 11.9 Å². The Hall–Kier alpha value is -2.36. The zero-order chi connectivity index (χ0) is 22.6. The van der Waals surface area contributed by atoms with Crippen molar-refractivity contribution in [2.75, 3.05) is 31.3 Å². The monoisotopic (exact) mass is 442 g/mol. The Labute approximate surface area is 177 Å². The summed E-state index contributed by atoms with van der Waals surface area (Å²) in [7, 11) is -3.16. The third kappa shape index (κ3) is 5.62. The molecule has 0 bridgehead atoms. The highest BCUT2D eigenvalue weighted by Gasteiger charge is 2.35. The highest BCUT2D eigenvalue weighted by Crippen LogP contribution is 2.21. The number of carbonyl (C=O) groups is 3. The summed E-state index contributed by atoms with van der Waals surface area (Å²) in [6.45, 7) is 8.87. The van der Waals surface area contributed by atoms with E-state index < -0.39 is 40.3 Å². The van der Waals surface area contributed by atoms with E-state index in [1.54, 1.807) is 20.8 Å². The number of aromatic nitrogens is 1. The molecule has 1 amide bonds. The molecule has 1 aromatic heterocycles. The zero-order valence-corrected chi connectivity index (χ0v) is 18.9. The van der Waals surface area contributed by atoms with Gasteiger partial charge in [-0.05, 0) is 38.7 Å². The minimum absolute atomic E-state index is 0.0525. The minimum Gasteiger partial charge on any atom is -0.462 e. The number of carbonyl (C=O) groups excluding carboxylic acids is 3. The molecule has 1 aliphatic rings. The van der Waals surface area contributed by atoms with Gasteiger partial charge in [0.2, 0.25) is 0 Å². The molecule has 0 aromatic carbocycles. The van der Waals surface area contributed by atoms with Crippen molar-refractivity contribution in [3.8, 4) is 0 Å². The molecule has 1 aromatic rings. The molecule has 1 fully saturated rings. The van der Waals surface area contributed by atoms with Crippen molar-refractivity contribution in [2.24, 2.45) is 5.92 Å². The zero-order valence-electron chi connectivity index (χ0n) is 18.1. The van der Waals surface area contributed by atoms with Crippen LogP contribution in [-0.2, 0) is 24.1 Å². The summed E-state index contributed by atoms with van der Waals surface area (Å²) in [5, 5.41) is 0. The fraction of sp³-hybridized carbons (Fsp3) is 0.650. The molecule has 0 spiro atoms. The maximum absolute atomic E-state index is 12.7. The summed E-state index contributed by atoms with van der Waals surface area (Å²) in [4.78, 5) is 41.6. The highest BCUT2D eigenvalue weighted by molar-refractivity contribution is 7.91. The Morgan fingerprint density at radius 2 is 1.83 bits per heavy atom. The van der Waals surface area contributed by atoms with E-state index in [4.69, 9.17) is 9.47 Å². The molecule has 0 unspecified atom stereocenters. The number of amides is 1. The lowest BCUT2D eigenvalue weighted by atomic mass is 10.1. The topological polar surface area (TPSA) is 123 Å². The third-order valence-electron chi connectivity index (χ3n) is 4.98. The standard InChI is InChI=1S/C20H30N2O7S/c1-6-28-19(24)17-13(4)18(21-14(17)5)20(25)29-10-16(23)22(9-12(2)3)15-7-8-30(26,27)11-15/h12,15,21H,6-11H2,1-5H3/t15-/m1/s1. The van der Waals surface area contributed by atoms with E-state index in [1.807, 2.05) is 13.8 Å². The van der Waals surface area contributed by atoms with Crippen molar-refractivity contribution in [1.82, 2.24) is 9.88 Å². The molecular formula is C20H30N2O7S. The predicted octanol–water partition coefficient (Wildman–Crippen LogP) is 1.64. The summed E-state index contributed by atoms with van der Waals surface area (Å²) in [5.74, 6) is -1.62. The van der Waals surface area contributed by atoms with Crippen molar-refractivity contribution in [3.05, 3.63) is 22.5 Å². The number of ether oxygens (including phenoxy) is 2. The molecular weight excluding hydrogens is 412 g/mol. The van der Waals surface area contributed by atoms with Crippen LogP contribution in [-0.4, -0.2) is 73.5 Å². The van der Waals surface area contributed by atoms with Crippen LogP contribution in [0.2, 0.25) is 0 Å². The van der Waals surface area contributed by atoms with Gasteiger partial charge in [-0.15, -0.1) is 0 Å². The van der Waals surface area contributed by atoms with E-state index in [0.717, 1.165) is 0 Å². The number of nitrogens with zero attached hydrogens (tertiary/aromatic N) is 1. The number of aryl methyl sites for hydroxylation is 1. The van der Waals surface area contributed by atoms with Crippen molar-refractivity contribution in [2.45, 2.75) is 47.1 Å². The van der Waals surface area contributed by atoms with Crippen LogP contribution in [0.1, 0.15) is 59.3 Å². The summed E-state index contributed by atoms with van der Waals surface area (Å²) in [6, 6.07) is -0.409. The van der Waals surface area contributed by atoms with E-state index in [9.17, 15) is 22.8 Å². The number of sulfone groups is 1. The third-order valence-corrected chi connectivity index (χ3v) is 6.73. The second kappa shape index (κ2) is 9.63. The average Bonchev–Trinajstić information content (AvgIpc) is 3.15. The molecule has 2 rings (SSSR count). The van der Waals surface area contributed by atoms with Gasteiger partial charge in [0.15, 0.2) is 16.4 Å². The largest absolute Gasteiger partial charge is 0.462 e. The average molecular weight is 443 g/mol. The van der Waals surface area contributed by atoms with Crippen LogP contribution in [0.5, 0.6) is 0 Å². The van der Waals surface area contributed by atoms with E-state index in [2.05, 4.69) is 4.98 Å². The van der Waals surface area contributed by atoms with Crippen LogP contribution >= 0.6 is 0 Å². The molecule has 1 atom stereocenters. The first-order chi connectivity index (χ1) is 14.0. The Balaban J connectivity index is 2.09. The fourth-order valence-electron chi connectivity index (χ4n) is 3.62. The molecule has 30 heavy (non-hydrogen) atoms. The summed E-state index contributed by atoms with van der Waals surface area (Å²) in [5.41, 5.74) is 1.22. The highest BCUT2D eigenvalue weighted by atomic mass is 32.2. The van der Waals surface area contributed by atoms with E-state index in [1.165, 1.54) is 4.90 Å².